The molecule has 0 aromatic heterocycles. The number of carbonyl (C=O) groups excluding carboxylic acids is 3. The quantitative estimate of drug-likeness (QED) is 0.0361. The molecule has 0 aromatic rings. The normalized spacial score (nSPS) is 12.6. The minimum Gasteiger partial charge on any atom is -0.462 e. The molecule has 296 valence electrons. The lowest BCUT2D eigenvalue weighted by atomic mass is 10.00. The van der Waals surface area contributed by atoms with Crippen LogP contribution < -0.4 is 0 Å². The van der Waals surface area contributed by atoms with Crippen LogP contribution in [0.25, 0.3) is 0 Å². The summed E-state index contributed by atoms with van der Waals surface area (Å²) < 4.78 is 16.6. The molecule has 50 heavy (non-hydrogen) atoms. The van der Waals surface area contributed by atoms with E-state index in [2.05, 4.69) is 34.6 Å². The maximum Gasteiger partial charge on any atom is 0.306 e. The average Bonchev–Trinajstić information content (AvgIpc) is 3.09. The highest BCUT2D eigenvalue weighted by Gasteiger charge is 2.19. The van der Waals surface area contributed by atoms with Crippen LogP contribution in [0.15, 0.2) is 0 Å². The second kappa shape index (κ2) is 37.2. The summed E-state index contributed by atoms with van der Waals surface area (Å²) >= 11 is 0. The van der Waals surface area contributed by atoms with Crippen LogP contribution in [0, 0.1) is 11.8 Å². The fourth-order valence-corrected chi connectivity index (χ4v) is 6.37. The standard InChI is InChI=1S/C44H84O6/c1-6-8-9-22-29-34-42(45)48-37-41(38-49-43(46)35-30-25-21-20-24-28-33-40(5)7-2)50-44(47)36-31-26-19-17-15-13-11-10-12-14-16-18-23-27-32-39(3)4/h39-41H,6-38H2,1-5H3/t40?,41-/m1/s1. The second-order valence-corrected chi connectivity index (χ2v) is 15.7. The van der Waals surface area contributed by atoms with Gasteiger partial charge in [0, 0.05) is 19.3 Å². The average molecular weight is 709 g/mol. The maximum absolute atomic E-state index is 12.6. The highest BCUT2D eigenvalue weighted by Crippen LogP contribution is 2.17. The van der Waals surface area contributed by atoms with E-state index in [1.165, 1.54) is 116 Å². The van der Waals surface area contributed by atoms with Crippen molar-refractivity contribution in [2.75, 3.05) is 13.2 Å². The second-order valence-electron chi connectivity index (χ2n) is 15.7. The van der Waals surface area contributed by atoms with Crippen molar-refractivity contribution < 1.29 is 28.6 Å². The molecule has 0 N–H and O–H groups in total. The van der Waals surface area contributed by atoms with E-state index in [4.69, 9.17) is 14.2 Å². The lowest BCUT2D eigenvalue weighted by Gasteiger charge is -2.18. The Balaban J connectivity index is 4.18. The van der Waals surface area contributed by atoms with E-state index in [1.807, 2.05) is 0 Å². The van der Waals surface area contributed by atoms with Crippen LogP contribution in [-0.2, 0) is 28.6 Å². The molecule has 0 spiro atoms. The van der Waals surface area contributed by atoms with Crippen LogP contribution in [0.4, 0.5) is 0 Å². The first-order valence-electron chi connectivity index (χ1n) is 21.8. The van der Waals surface area contributed by atoms with Crippen molar-refractivity contribution in [2.45, 2.75) is 240 Å². The summed E-state index contributed by atoms with van der Waals surface area (Å²) in [5.41, 5.74) is 0. The van der Waals surface area contributed by atoms with E-state index in [-0.39, 0.29) is 31.1 Å². The molecule has 0 aliphatic heterocycles. The molecule has 0 amide bonds. The molecule has 0 saturated heterocycles. The summed E-state index contributed by atoms with van der Waals surface area (Å²) in [6, 6.07) is 0. The molecular weight excluding hydrogens is 624 g/mol. The number of rotatable bonds is 38. The molecule has 0 radical (unpaired) electrons. The number of carbonyl (C=O) groups is 3. The van der Waals surface area contributed by atoms with Gasteiger partial charge in [-0.05, 0) is 31.1 Å². The Labute approximate surface area is 310 Å². The Morgan fingerprint density at radius 1 is 0.420 bits per heavy atom. The molecular formula is C44H84O6. The van der Waals surface area contributed by atoms with Gasteiger partial charge in [0.1, 0.15) is 13.2 Å². The van der Waals surface area contributed by atoms with Gasteiger partial charge in [-0.25, -0.2) is 0 Å². The largest absolute Gasteiger partial charge is 0.462 e. The van der Waals surface area contributed by atoms with E-state index in [0.29, 0.717) is 19.3 Å². The first-order chi connectivity index (χ1) is 24.3. The molecule has 6 heteroatoms. The molecule has 6 nitrogen and oxygen atoms in total. The molecule has 2 atom stereocenters. The van der Waals surface area contributed by atoms with Crippen LogP contribution in [0.2, 0.25) is 0 Å². The van der Waals surface area contributed by atoms with E-state index in [1.54, 1.807) is 0 Å². The van der Waals surface area contributed by atoms with Gasteiger partial charge >= 0.3 is 17.9 Å². The monoisotopic (exact) mass is 709 g/mol. The summed E-state index contributed by atoms with van der Waals surface area (Å²) in [6.45, 7) is 11.2. The van der Waals surface area contributed by atoms with Crippen molar-refractivity contribution >= 4 is 17.9 Å². The van der Waals surface area contributed by atoms with Gasteiger partial charge in [0.2, 0.25) is 0 Å². The summed E-state index contributed by atoms with van der Waals surface area (Å²) in [5.74, 6) is 0.782. The lowest BCUT2D eigenvalue weighted by Crippen LogP contribution is -2.30. The van der Waals surface area contributed by atoms with E-state index >= 15 is 0 Å². The predicted molar refractivity (Wildman–Crippen MR) is 210 cm³/mol. The third-order valence-corrected chi connectivity index (χ3v) is 10.1. The summed E-state index contributed by atoms with van der Waals surface area (Å²) in [6.07, 6.45) is 34.1. The highest BCUT2D eigenvalue weighted by molar-refractivity contribution is 5.71. The SMILES string of the molecule is CCCCCCCC(=O)OC[C@H](COC(=O)CCCCCCCCC(C)CC)OC(=O)CCCCCCCCCCCCCCCCC(C)C. The van der Waals surface area contributed by atoms with Crippen molar-refractivity contribution in [3.8, 4) is 0 Å². The molecule has 0 aliphatic rings. The van der Waals surface area contributed by atoms with Crippen molar-refractivity contribution in [2.24, 2.45) is 11.8 Å². The lowest BCUT2D eigenvalue weighted by molar-refractivity contribution is -0.167. The van der Waals surface area contributed by atoms with Gasteiger partial charge in [0.25, 0.3) is 0 Å². The topological polar surface area (TPSA) is 78.9 Å². The van der Waals surface area contributed by atoms with Crippen molar-refractivity contribution in [1.82, 2.24) is 0 Å². The van der Waals surface area contributed by atoms with E-state index in [9.17, 15) is 14.4 Å². The number of hydrogen-bond acceptors (Lipinski definition) is 6. The van der Waals surface area contributed by atoms with Gasteiger partial charge in [0.15, 0.2) is 6.10 Å². The third-order valence-electron chi connectivity index (χ3n) is 10.1. The smallest absolute Gasteiger partial charge is 0.306 e. The van der Waals surface area contributed by atoms with Crippen LogP contribution in [0.5, 0.6) is 0 Å². The Bertz CT molecular complexity index is 766. The highest BCUT2D eigenvalue weighted by atomic mass is 16.6. The minimum atomic E-state index is -0.758. The fraction of sp³-hybridized carbons (Fsp3) is 0.932. The van der Waals surface area contributed by atoms with E-state index < -0.39 is 6.10 Å². The molecule has 1 unspecified atom stereocenters. The van der Waals surface area contributed by atoms with Gasteiger partial charge in [-0.2, -0.15) is 0 Å². The number of unbranched alkanes of at least 4 members (excludes halogenated alkanes) is 22. The number of esters is 3. The van der Waals surface area contributed by atoms with Gasteiger partial charge in [0.05, 0.1) is 0 Å². The zero-order valence-corrected chi connectivity index (χ0v) is 34.0. The molecule has 0 saturated carbocycles. The molecule has 0 heterocycles. The van der Waals surface area contributed by atoms with Crippen molar-refractivity contribution in [3.63, 3.8) is 0 Å². The van der Waals surface area contributed by atoms with Crippen molar-refractivity contribution in [3.05, 3.63) is 0 Å². The van der Waals surface area contributed by atoms with Crippen LogP contribution in [-0.4, -0.2) is 37.2 Å². The minimum absolute atomic E-state index is 0.0672. The van der Waals surface area contributed by atoms with Gasteiger partial charge < -0.3 is 14.2 Å². The fourth-order valence-electron chi connectivity index (χ4n) is 6.37. The molecule has 0 fully saturated rings. The molecule has 0 aromatic carbocycles. The zero-order chi connectivity index (χ0) is 36.9. The number of ether oxygens (including phenoxy) is 3. The first-order valence-corrected chi connectivity index (χ1v) is 21.8. The third kappa shape index (κ3) is 36.2. The Morgan fingerprint density at radius 3 is 1.14 bits per heavy atom. The summed E-state index contributed by atoms with van der Waals surface area (Å²) in [7, 11) is 0. The van der Waals surface area contributed by atoms with Crippen LogP contribution in [0.1, 0.15) is 234 Å². The molecule has 0 rings (SSSR count). The molecule has 0 aliphatic carbocycles. The summed E-state index contributed by atoms with van der Waals surface area (Å²) in [5, 5.41) is 0. The van der Waals surface area contributed by atoms with Crippen LogP contribution >= 0.6 is 0 Å². The number of hydrogen-bond donors (Lipinski definition) is 0. The van der Waals surface area contributed by atoms with Crippen molar-refractivity contribution in [1.29, 1.82) is 0 Å². The Kier molecular flexibility index (Phi) is 36.0. The van der Waals surface area contributed by atoms with Gasteiger partial charge in [-0.3, -0.25) is 14.4 Å². The predicted octanol–water partition coefficient (Wildman–Crippen LogP) is 13.4. The van der Waals surface area contributed by atoms with Gasteiger partial charge in [-0.1, -0.05) is 195 Å². The van der Waals surface area contributed by atoms with E-state index in [0.717, 1.165) is 76.0 Å². The Hall–Kier alpha value is -1.59. The van der Waals surface area contributed by atoms with Crippen LogP contribution in [0.3, 0.4) is 0 Å². The first kappa shape index (κ1) is 48.4. The van der Waals surface area contributed by atoms with Gasteiger partial charge in [-0.15, -0.1) is 0 Å². The Morgan fingerprint density at radius 2 is 0.760 bits per heavy atom. The maximum atomic E-state index is 12.6. The zero-order valence-electron chi connectivity index (χ0n) is 34.0. The molecule has 0 bridgehead atoms. The summed E-state index contributed by atoms with van der Waals surface area (Å²) in [4.78, 5) is 37.4.